The molecule has 1 fully saturated rings. The molecule has 0 spiro atoms. The van der Waals surface area contributed by atoms with E-state index in [9.17, 15) is 9.59 Å². The van der Waals surface area contributed by atoms with Crippen LogP contribution in [-0.4, -0.2) is 48.9 Å². The first-order valence-electron chi connectivity index (χ1n) is 9.07. The number of hydrogen-bond donors (Lipinski definition) is 1. The molecule has 0 radical (unpaired) electrons. The SMILES string of the molecule is C=CCN1CCC(NC(=O)CN2C(=O)C(C)(C)c3cc(Cl)ccc32)CC1. The zero-order valence-corrected chi connectivity index (χ0v) is 16.2. The molecule has 0 unspecified atom stereocenters. The van der Waals surface area contributed by atoms with Gasteiger partial charge < -0.3 is 10.2 Å². The highest BCUT2D eigenvalue weighted by Crippen LogP contribution is 2.42. The minimum Gasteiger partial charge on any atom is -0.352 e. The number of fused-ring (bicyclic) bond motifs is 1. The van der Waals surface area contributed by atoms with E-state index in [0.29, 0.717) is 5.02 Å². The van der Waals surface area contributed by atoms with Gasteiger partial charge in [-0.2, -0.15) is 0 Å². The third-order valence-electron chi connectivity index (χ3n) is 5.34. The third kappa shape index (κ3) is 3.64. The molecular weight excluding hydrogens is 350 g/mol. The molecule has 5 nitrogen and oxygen atoms in total. The second kappa shape index (κ2) is 7.41. The number of carbonyl (C=O) groups excluding carboxylic acids is 2. The number of hydrogen-bond acceptors (Lipinski definition) is 3. The van der Waals surface area contributed by atoms with Gasteiger partial charge in [0.25, 0.3) is 0 Å². The average Bonchev–Trinajstić information content (AvgIpc) is 2.78. The van der Waals surface area contributed by atoms with Gasteiger partial charge in [0.15, 0.2) is 0 Å². The van der Waals surface area contributed by atoms with E-state index >= 15 is 0 Å². The van der Waals surface area contributed by atoms with Crippen LogP contribution < -0.4 is 10.2 Å². The fourth-order valence-corrected chi connectivity index (χ4v) is 3.99. The highest BCUT2D eigenvalue weighted by molar-refractivity contribution is 6.31. The van der Waals surface area contributed by atoms with Crippen LogP contribution in [0.5, 0.6) is 0 Å². The van der Waals surface area contributed by atoms with Crippen molar-refractivity contribution in [3.05, 3.63) is 41.4 Å². The van der Waals surface area contributed by atoms with E-state index in [1.54, 1.807) is 11.0 Å². The third-order valence-corrected chi connectivity index (χ3v) is 5.58. The number of amides is 2. The predicted octanol–water partition coefficient (Wildman–Crippen LogP) is 2.73. The summed E-state index contributed by atoms with van der Waals surface area (Å²) in [5.74, 6) is -0.176. The van der Waals surface area contributed by atoms with E-state index in [-0.39, 0.29) is 24.4 Å². The highest BCUT2D eigenvalue weighted by Gasteiger charge is 2.44. The van der Waals surface area contributed by atoms with Crippen LogP contribution in [0, 0.1) is 0 Å². The molecule has 140 valence electrons. The number of rotatable bonds is 5. The Balaban J connectivity index is 1.63. The number of benzene rings is 1. The number of likely N-dealkylation sites (tertiary alicyclic amines) is 1. The summed E-state index contributed by atoms with van der Waals surface area (Å²) < 4.78 is 0. The summed E-state index contributed by atoms with van der Waals surface area (Å²) in [6, 6.07) is 5.57. The molecule has 2 amide bonds. The van der Waals surface area contributed by atoms with E-state index in [4.69, 9.17) is 11.6 Å². The van der Waals surface area contributed by atoms with E-state index in [2.05, 4.69) is 16.8 Å². The van der Waals surface area contributed by atoms with Gasteiger partial charge in [0.1, 0.15) is 6.54 Å². The van der Waals surface area contributed by atoms with Crippen molar-refractivity contribution >= 4 is 29.1 Å². The summed E-state index contributed by atoms with van der Waals surface area (Å²) in [5.41, 5.74) is 0.983. The van der Waals surface area contributed by atoms with Crippen LogP contribution in [-0.2, 0) is 15.0 Å². The van der Waals surface area contributed by atoms with E-state index in [1.165, 1.54) is 0 Å². The molecular formula is C20H26ClN3O2. The lowest BCUT2D eigenvalue weighted by molar-refractivity contribution is -0.126. The van der Waals surface area contributed by atoms with Gasteiger partial charge in [-0.3, -0.25) is 14.5 Å². The first-order valence-corrected chi connectivity index (χ1v) is 9.45. The lowest BCUT2D eigenvalue weighted by Crippen LogP contribution is -2.48. The summed E-state index contributed by atoms with van der Waals surface area (Å²) in [6.07, 6.45) is 3.75. The van der Waals surface area contributed by atoms with Crippen LogP contribution in [0.2, 0.25) is 5.02 Å². The molecule has 1 saturated heterocycles. The van der Waals surface area contributed by atoms with Gasteiger partial charge in [-0.05, 0) is 50.5 Å². The molecule has 0 aliphatic carbocycles. The van der Waals surface area contributed by atoms with Crippen molar-refractivity contribution in [3.63, 3.8) is 0 Å². The Bertz CT molecular complexity index is 724. The van der Waals surface area contributed by atoms with Gasteiger partial charge in [-0.15, -0.1) is 6.58 Å². The Hall–Kier alpha value is -1.85. The van der Waals surface area contributed by atoms with E-state index in [0.717, 1.165) is 43.7 Å². The van der Waals surface area contributed by atoms with Crippen LogP contribution in [0.15, 0.2) is 30.9 Å². The second-order valence-corrected chi connectivity index (χ2v) is 8.05. The van der Waals surface area contributed by atoms with Crippen LogP contribution in [0.25, 0.3) is 0 Å². The van der Waals surface area contributed by atoms with Gasteiger partial charge >= 0.3 is 0 Å². The monoisotopic (exact) mass is 375 g/mol. The smallest absolute Gasteiger partial charge is 0.240 e. The number of nitrogens with zero attached hydrogens (tertiary/aromatic N) is 2. The van der Waals surface area contributed by atoms with Crippen LogP contribution >= 0.6 is 11.6 Å². The molecule has 0 bridgehead atoms. The van der Waals surface area contributed by atoms with Crippen LogP contribution in [0.1, 0.15) is 32.3 Å². The quantitative estimate of drug-likeness (QED) is 0.805. The molecule has 2 heterocycles. The zero-order valence-electron chi connectivity index (χ0n) is 15.4. The summed E-state index contributed by atoms with van der Waals surface area (Å²) in [5, 5.41) is 3.69. The maximum absolute atomic E-state index is 12.8. The zero-order chi connectivity index (χ0) is 18.9. The molecule has 6 heteroatoms. The van der Waals surface area contributed by atoms with Gasteiger partial charge in [0.05, 0.1) is 5.41 Å². The predicted molar refractivity (Wildman–Crippen MR) is 105 cm³/mol. The van der Waals surface area contributed by atoms with Gasteiger partial charge in [0.2, 0.25) is 11.8 Å². The van der Waals surface area contributed by atoms with Crippen molar-refractivity contribution in [2.75, 3.05) is 31.1 Å². The van der Waals surface area contributed by atoms with Crippen LogP contribution in [0.3, 0.4) is 0 Å². The summed E-state index contributed by atoms with van der Waals surface area (Å²) in [4.78, 5) is 29.3. The molecule has 1 aromatic rings. The molecule has 1 aromatic carbocycles. The largest absolute Gasteiger partial charge is 0.352 e. The molecule has 3 rings (SSSR count). The second-order valence-electron chi connectivity index (χ2n) is 7.61. The van der Waals surface area contributed by atoms with E-state index < -0.39 is 5.41 Å². The van der Waals surface area contributed by atoms with Crippen molar-refractivity contribution in [3.8, 4) is 0 Å². The Morgan fingerprint density at radius 1 is 1.38 bits per heavy atom. The Kier molecular flexibility index (Phi) is 5.39. The number of piperidine rings is 1. The first kappa shape index (κ1) is 18.9. The molecule has 2 aliphatic heterocycles. The summed E-state index contributed by atoms with van der Waals surface area (Å²) in [7, 11) is 0. The summed E-state index contributed by atoms with van der Waals surface area (Å²) >= 11 is 6.10. The number of anilines is 1. The van der Waals surface area contributed by atoms with Crippen LogP contribution in [0.4, 0.5) is 5.69 Å². The number of carbonyl (C=O) groups is 2. The van der Waals surface area contributed by atoms with Crippen molar-refractivity contribution in [2.24, 2.45) is 0 Å². The van der Waals surface area contributed by atoms with Gasteiger partial charge in [-0.25, -0.2) is 0 Å². The molecule has 26 heavy (non-hydrogen) atoms. The van der Waals surface area contributed by atoms with Crippen molar-refractivity contribution in [2.45, 2.75) is 38.1 Å². The van der Waals surface area contributed by atoms with Gasteiger partial charge in [-0.1, -0.05) is 17.7 Å². The first-order chi connectivity index (χ1) is 12.3. The highest BCUT2D eigenvalue weighted by atomic mass is 35.5. The fourth-order valence-electron chi connectivity index (χ4n) is 3.82. The lowest BCUT2D eigenvalue weighted by atomic mass is 9.86. The standard InChI is InChI=1S/C20H26ClN3O2/c1-4-9-23-10-7-15(8-11-23)22-18(25)13-24-17-6-5-14(21)12-16(17)20(2,3)19(24)26/h4-6,12,15H,1,7-11,13H2,2-3H3,(H,22,25). The molecule has 2 aliphatic rings. The molecule has 0 saturated carbocycles. The topological polar surface area (TPSA) is 52.7 Å². The maximum Gasteiger partial charge on any atom is 0.240 e. The maximum atomic E-state index is 12.8. The normalized spacial score (nSPS) is 20.1. The Morgan fingerprint density at radius 2 is 2.08 bits per heavy atom. The molecule has 0 atom stereocenters. The van der Waals surface area contributed by atoms with Crippen molar-refractivity contribution in [1.29, 1.82) is 0 Å². The van der Waals surface area contributed by atoms with E-state index in [1.807, 2.05) is 32.1 Å². The number of halogens is 1. The lowest BCUT2D eigenvalue weighted by Gasteiger charge is -2.32. The molecule has 0 aromatic heterocycles. The average molecular weight is 376 g/mol. The minimum atomic E-state index is -0.670. The van der Waals surface area contributed by atoms with Crippen molar-refractivity contribution < 1.29 is 9.59 Å². The fraction of sp³-hybridized carbons (Fsp3) is 0.500. The number of nitrogens with one attached hydrogen (secondary N) is 1. The molecule has 1 N–H and O–H groups in total. The Morgan fingerprint density at radius 3 is 2.73 bits per heavy atom. The van der Waals surface area contributed by atoms with Crippen molar-refractivity contribution in [1.82, 2.24) is 10.2 Å². The minimum absolute atomic E-state index is 0.0454. The van der Waals surface area contributed by atoms with Gasteiger partial charge in [0, 0.05) is 36.4 Å². The summed E-state index contributed by atoms with van der Waals surface area (Å²) in [6.45, 7) is 10.3. The Labute approximate surface area is 160 Å².